The lowest BCUT2D eigenvalue weighted by Gasteiger charge is -2.38. The van der Waals surface area contributed by atoms with Crippen molar-refractivity contribution >= 4 is 31.4 Å². The van der Waals surface area contributed by atoms with Gasteiger partial charge in [0, 0.05) is 5.39 Å². The van der Waals surface area contributed by atoms with Crippen LogP contribution in [0.25, 0.3) is 10.8 Å². The molecule has 0 radical (unpaired) electrons. The SMILES string of the molecule is CC(C)[Si](C#Cc1c(F)ccc2cccc(B3OC(C)(C)C(C)(C)O3)c12)(C(C)C)C(C)C. The summed E-state index contributed by atoms with van der Waals surface area (Å²) < 4.78 is 28.0. The molecule has 172 valence electrons. The Balaban J connectivity index is 2.25. The van der Waals surface area contributed by atoms with E-state index in [9.17, 15) is 0 Å². The first kappa shape index (κ1) is 25.0. The van der Waals surface area contributed by atoms with Crippen molar-refractivity contribution in [3.8, 4) is 11.5 Å². The van der Waals surface area contributed by atoms with Gasteiger partial charge >= 0.3 is 7.12 Å². The summed E-state index contributed by atoms with van der Waals surface area (Å²) in [7, 11) is -2.57. The fourth-order valence-electron chi connectivity index (χ4n) is 5.27. The Morgan fingerprint density at radius 3 is 1.88 bits per heavy atom. The highest BCUT2D eigenvalue weighted by Crippen LogP contribution is 2.41. The molecule has 2 aromatic carbocycles. The monoisotopic (exact) mass is 452 g/mol. The van der Waals surface area contributed by atoms with Crippen LogP contribution in [0.4, 0.5) is 4.39 Å². The summed E-state index contributed by atoms with van der Waals surface area (Å²) in [5.41, 5.74) is 5.52. The Hall–Kier alpha value is -1.61. The molecule has 2 aromatic rings. The van der Waals surface area contributed by atoms with E-state index in [2.05, 4.69) is 53.0 Å². The maximum Gasteiger partial charge on any atom is 0.495 e. The lowest BCUT2D eigenvalue weighted by atomic mass is 9.75. The van der Waals surface area contributed by atoms with Gasteiger partial charge in [0.1, 0.15) is 13.9 Å². The van der Waals surface area contributed by atoms with E-state index in [0.29, 0.717) is 22.2 Å². The minimum absolute atomic E-state index is 0.284. The zero-order valence-corrected chi connectivity index (χ0v) is 22.4. The molecule has 0 unspecified atom stereocenters. The summed E-state index contributed by atoms with van der Waals surface area (Å²) in [6.45, 7) is 21.8. The van der Waals surface area contributed by atoms with Crippen LogP contribution in [-0.2, 0) is 9.31 Å². The quantitative estimate of drug-likeness (QED) is 0.373. The molecule has 0 bridgehead atoms. The van der Waals surface area contributed by atoms with Crippen LogP contribution in [0.2, 0.25) is 16.6 Å². The fourth-order valence-corrected chi connectivity index (χ4v) is 10.5. The molecule has 0 saturated carbocycles. The van der Waals surface area contributed by atoms with E-state index in [4.69, 9.17) is 9.31 Å². The zero-order valence-electron chi connectivity index (χ0n) is 21.4. The second-order valence-electron chi connectivity index (χ2n) is 11.1. The Morgan fingerprint density at radius 1 is 0.844 bits per heavy atom. The van der Waals surface area contributed by atoms with E-state index in [0.717, 1.165) is 16.2 Å². The molecule has 1 saturated heterocycles. The second-order valence-corrected chi connectivity index (χ2v) is 16.7. The predicted octanol–water partition coefficient (Wildman–Crippen LogP) is 6.85. The number of hydrogen-bond acceptors (Lipinski definition) is 2. The number of fused-ring (bicyclic) bond motifs is 1. The van der Waals surface area contributed by atoms with E-state index in [1.165, 1.54) is 6.07 Å². The van der Waals surface area contributed by atoms with Crippen molar-refractivity contribution in [1.82, 2.24) is 0 Å². The Morgan fingerprint density at radius 2 is 1.38 bits per heavy atom. The molecule has 0 atom stereocenters. The number of halogens is 1. The van der Waals surface area contributed by atoms with E-state index in [-0.39, 0.29) is 5.82 Å². The summed E-state index contributed by atoms with van der Waals surface area (Å²) in [4.78, 5) is 0. The van der Waals surface area contributed by atoms with Crippen LogP contribution in [0, 0.1) is 17.3 Å². The third-order valence-electron chi connectivity index (χ3n) is 7.80. The van der Waals surface area contributed by atoms with E-state index >= 15 is 4.39 Å². The Kier molecular flexibility index (Phi) is 6.75. The van der Waals surface area contributed by atoms with Gasteiger partial charge in [0.2, 0.25) is 0 Å². The van der Waals surface area contributed by atoms with Crippen molar-refractivity contribution in [2.75, 3.05) is 0 Å². The minimum atomic E-state index is -2.01. The molecule has 5 heteroatoms. The highest BCUT2D eigenvalue weighted by Gasteiger charge is 2.52. The molecule has 0 spiro atoms. The first-order valence-corrected chi connectivity index (χ1v) is 14.1. The fraction of sp³-hybridized carbons (Fsp3) is 0.556. The average Bonchev–Trinajstić information content (AvgIpc) is 2.89. The molecular formula is C27H38BFO2Si. The molecule has 0 aromatic heterocycles. The molecule has 3 rings (SSSR count). The summed E-state index contributed by atoms with van der Waals surface area (Å²) in [6, 6.07) is 9.32. The molecule has 1 fully saturated rings. The second kappa shape index (κ2) is 8.63. The zero-order chi connectivity index (χ0) is 24.1. The van der Waals surface area contributed by atoms with Crippen molar-refractivity contribution in [3.63, 3.8) is 0 Å². The number of benzene rings is 2. The van der Waals surface area contributed by atoms with Gasteiger partial charge < -0.3 is 9.31 Å². The maximum absolute atomic E-state index is 15.3. The van der Waals surface area contributed by atoms with Gasteiger partial charge in [0.05, 0.1) is 16.8 Å². The molecule has 0 amide bonds. The van der Waals surface area contributed by atoms with Gasteiger partial charge in [0.25, 0.3) is 0 Å². The molecule has 32 heavy (non-hydrogen) atoms. The summed E-state index contributed by atoms with van der Waals surface area (Å²) in [5, 5.41) is 1.76. The highest BCUT2D eigenvalue weighted by molar-refractivity contribution is 6.90. The van der Waals surface area contributed by atoms with Crippen molar-refractivity contribution in [2.24, 2.45) is 0 Å². The smallest absolute Gasteiger partial charge is 0.399 e. The number of hydrogen-bond donors (Lipinski definition) is 0. The van der Waals surface area contributed by atoms with Crippen molar-refractivity contribution in [1.29, 1.82) is 0 Å². The van der Waals surface area contributed by atoms with Gasteiger partial charge in [-0.1, -0.05) is 71.7 Å². The molecule has 1 aliphatic heterocycles. The van der Waals surface area contributed by atoms with Crippen LogP contribution in [0.1, 0.15) is 74.8 Å². The summed E-state index contributed by atoms with van der Waals surface area (Å²) >= 11 is 0. The van der Waals surface area contributed by atoms with E-state index < -0.39 is 26.4 Å². The molecule has 2 nitrogen and oxygen atoms in total. The average molecular weight is 452 g/mol. The predicted molar refractivity (Wildman–Crippen MR) is 138 cm³/mol. The van der Waals surface area contributed by atoms with E-state index in [1.54, 1.807) is 0 Å². The molecule has 1 aliphatic rings. The van der Waals surface area contributed by atoms with Crippen LogP contribution < -0.4 is 5.46 Å². The normalized spacial score (nSPS) is 18.0. The third-order valence-corrected chi connectivity index (χ3v) is 14.1. The van der Waals surface area contributed by atoms with Gasteiger partial charge in [-0.3, -0.25) is 0 Å². The standard InChI is InChI=1S/C27H38BFO2Si/c1-18(2)32(19(3)4,20(5)6)17-16-22-24(29)15-14-21-12-11-13-23(25(21)22)28-30-26(7,8)27(9,10)31-28/h11-15,18-20H,1-10H3. The van der Waals surface area contributed by atoms with Crippen molar-refractivity contribution in [3.05, 3.63) is 41.7 Å². The highest BCUT2D eigenvalue weighted by atomic mass is 28.3. The first-order valence-electron chi connectivity index (χ1n) is 11.8. The largest absolute Gasteiger partial charge is 0.495 e. The maximum atomic E-state index is 15.3. The molecule has 0 N–H and O–H groups in total. The van der Waals surface area contributed by atoms with Crippen molar-refractivity contribution < 1.29 is 13.7 Å². The molecule has 1 heterocycles. The van der Waals surface area contributed by atoms with Gasteiger partial charge in [-0.05, 0) is 61.2 Å². The van der Waals surface area contributed by atoms with Gasteiger partial charge in [0.15, 0.2) is 0 Å². The lowest BCUT2D eigenvalue weighted by Crippen LogP contribution is -2.43. The van der Waals surface area contributed by atoms with Gasteiger partial charge in [-0.15, -0.1) is 5.54 Å². The number of rotatable bonds is 4. The van der Waals surface area contributed by atoms with Crippen LogP contribution in [0.15, 0.2) is 30.3 Å². The Labute approximate surface area is 195 Å². The topological polar surface area (TPSA) is 18.5 Å². The van der Waals surface area contributed by atoms with Crippen LogP contribution in [0.3, 0.4) is 0 Å². The third kappa shape index (κ3) is 4.06. The van der Waals surface area contributed by atoms with Crippen LogP contribution in [0.5, 0.6) is 0 Å². The van der Waals surface area contributed by atoms with Crippen molar-refractivity contribution in [2.45, 2.75) is 97.1 Å². The first-order chi connectivity index (χ1) is 14.7. The summed E-state index contributed by atoms with van der Waals surface area (Å²) in [5.74, 6) is 3.09. The van der Waals surface area contributed by atoms with Crippen LogP contribution >= 0.6 is 0 Å². The summed E-state index contributed by atoms with van der Waals surface area (Å²) in [6.07, 6.45) is 0. The van der Waals surface area contributed by atoms with Gasteiger partial charge in [-0.2, -0.15) is 0 Å². The lowest BCUT2D eigenvalue weighted by molar-refractivity contribution is 0.00578. The van der Waals surface area contributed by atoms with Crippen LogP contribution in [-0.4, -0.2) is 26.4 Å². The van der Waals surface area contributed by atoms with E-state index in [1.807, 2.05) is 52.0 Å². The molecular weight excluding hydrogens is 414 g/mol. The Bertz CT molecular complexity index is 1020. The minimum Gasteiger partial charge on any atom is -0.399 e. The van der Waals surface area contributed by atoms with Gasteiger partial charge in [-0.25, -0.2) is 4.39 Å². The molecule has 0 aliphatic carbocycles.